The lowest BCUT2D eigenvalue weighted by molar-refractivity contribution is 0.0631. The van der Waals surface area contributed by atoms with Gasteiger partial charge in [-0.25, -0.2) is 4.98 Å². The number of piperazine rings is 1. The lowest BCUT2D eigenvalue weighted by Gasteiger charge is -2.34. The summed E-state index contributed by atoms with van der Waals surface area (Å²) in [5.74, 6) is 1.47. The third-order valence-electron chi connectivity index (χ3n) is 5.08. The fourth-order valence-electron chi connectivity index (χ4n) is 3.33. The van der Waals surface area contributed by atoms with Crippen molar-refractivity contribution in [3.63, 3.8) is 0 Å². The van der Waals surface area contributed by atoms with Crippen molar-refractivity contribution in [3.05, 3.63) is 59.8 Å². The molecule has 2 aromatic rings. The Bertz CT molecular complexity index is 738. The molecule has 0 atom stereocenters. The number of carbonyl (C=O) groups is 1. The van der Waals surface area contributed by atoms with Crippen LogP contribution in [0.15, 0.2) is 48.7 Å². The molecule has 136 valence electrons. The zero-order valence-electron chi connectivity index (χ0n) is 15.0. The second-order valence-electron chi connectivity index (χ2n) is 7.19. The van der Waals surface area contributed by atoms with E-state index >= 15 is 0 Å². The average Bonchev–Trinajstić information content (AvgIpc) is 3.51. The Morgan fingerprint density at radius 2 is 1.85 bits per heavy atom. The van der Waals surface area contributed by atoms with E-state index in [0.717, 1.165) is 37.7 Å². The first-order valence-corrected chi connectivity index (χ1v) is 9.42. The smallest absolute Gasteiger partial charge is 0.254 e. The van der Waals surface area contributed by atoms with Gasteiger partial charge in [-0.05, 0) is 30.4 Å². The maximum absolute atomic E-state index is 12.8. The second kappa shape index (κ2) is 7.87. The largest absolute Gasteiger partial charge is 0.473 e. The summed E-state index contributed by atoms with van der Waals surface area (Å²) < 4.78 is 5.75. The van der Waals surface area contributed by atoms with Crippen LogP contribution < -0.4 is 4.74 Å². The first-order chi connectivity index (χ1) is 12.8. The quantitative estimate of drug-likeness (QED) is 0.803. The van der Waals surface area contributed by atoms with Crippen LogP contribution >= 0.6 is 0 Å². The molecule has 0 N–H and O–H groups in total. The van der Waals surface area contributed by atoms with Gasteiger partial charge < -0.3 is 9.64 Å². The van der Waals surface area contributed by atoms with Gasteiger partial charge in [0, 0.05) is 50.6 Å². The summed E-state index contributed by atoms with van der Waals surface area (Å²) in [4.78, 5) is 21.5. The molecule has 1 saturated heterocycles. The minimum Gasteiger partial charge on any atom is -0.473 e. The van der Waals surface area contributed by atoms with E-state index in [9.17, 15) is 4.79 Å². The number of aromatic nitrogens is 1. The number of carbonyl (C=O) groups excluding carboxylic acids is 1. The minimum absolute atomic E-state index is 0.0723. The summed E-state index contributed by atoms with van der Waals surface area (Å²) in [6.07, 6.45) is 4.40. The predicted molar refractivity (Wildman–Crippen MR) is 100 cm³/mol. The number of ether oxygens (including phenoxy) is 1. The third kappa shape index (κ3) is 4.41. The van der Waals surface area contributed by atoms with E-state index < -0.39 is 0 Å². The molecule has 2 fully saturated rings. The van der Waals surface area contributed by atoms with Crippen LogP contribution in [0.25, 0.3) is 0 Å². The number of pyridine rings is 1. The van der Waals surface area contributed by atoms with Crippen molar-refractivity contribution in [2.24, 2.45) is 5.92 Å². The minimum atomic E-state index is 0.0723. The molecule has 1 aliphatic heterocycles. The maximum Gasteiger partial charge on any atom is 0.254 e. The second-order valence-corrected chi connectivity index (χ2v) is 7.19. The molecule has 1 saturated carbocycles. The lowest BCUT2D eigenvalue weighted by atomic mass is 10.2. The molecule has 4 rings (SSSR count). The molecule has 0 bridgehead atoms. The highest BCUT2D eigenvalue weighted by molar-refractivity contribution is 5.94. The topological polar surface area (TPSA) is 45.7 Å². The normalized spacial score (nSPS) is 17.9. The van der Waals surface area contributed by atoms with Crippen molar-refractivity contribution >= 4 is 5.91 Å². The molecule has 5 heteroatoms. The molecule has 1 aliphatic carbocycles. The number of benzene rings is 1. The molecule has 1 aromatic carbocycles. The highest BCUT2D eigenvalue weighted by Gasteiger charge is 2.28. The van der Waals surface area contributed by atoms with Gasteiger partial charge in [-0.15, -0.1) is 0 Å². The van der Waals surface area contributed by atoms with E-state index in [1.165, 1.54) is 19.4 Å². The fourth-order valence-corrected chi connectivity index (χ4v) is 3.33. The summed E-state index contributed by atoms with van der Waals surface area (Å²) in [7, 11) is 0. The Kier molecular flexibility index (Phi) is 5.16. The van der Waals surface area contributed by atoms with E-state index in [1.54, 1.807) is 18.3 Å². The highest BCUT2D eigenvalue weighted by Crippen LogP contribution is 2.30. The molecule has 2 heterocycles. The highest BCUT2D eigenvalue weighted by atomic mass is 16.5. The van der Waals surface area contributed by atoms with Gasteiger partial charge in [-0.1, -0.05) is 30.3 Å². The molecule has 0 spiro atoms. The van der Waals surface area contributed by atoms with E-state index in [0.29, 0.717) is 18.1 Å². The number of hydrogen-bond donors (Lipinski definition) is 0. The van der Waals surface area contributed by atoms with Gasteiger partial charge in [0.1, 0.15) is 6.61 Å². The molecular weight excluding hydrogens is 326 g/mol. The van der Waals surface area contributed by atoms with E-state index in [-0.39, 0.29) is 5.91 Å². The first-order valence-electron chi connectivity index (χ1n) is 9.42. The van der Waals surface area contributed by atoms with Crippen molar-refractivity contribution in [1.82, 2.24) is 14.8 Å². The zero-order chi connectivity index (χ0) is 17.8. The Morgan fingerprint density at radius 1 is 1.08 bits per heavy atom. The van der Waals surface area contributed by atoms with Crippen LogP contribution in [0.3, 0.4) is 0 Å². The number of rotatable bonds is 6. The van der Waals surface area contributed by atoms with Gasteiger partial charge in [0.25, 0.3) is 5.91 Å². The molecule has 0 radical (unpaired) electrons. The van der Waals surface area contributed by atoms with Gasteiger partial charge in [-0.2, -0.15) is 0 Å². The third-order valence-corrected chi connectivity index (χ3v) is 5.08. The summed E-state index contributed by atoms with van der Waals surface area (Å²) in [5.41, 5.74) is 1.73. The average molecular weight is 351 g/mol. The molecule has 2 aliphatic rings. The van der Waals surface area contributed by atoms with Crippen molar-refractivity contribution in [3.8, 4) is 5.88 Å². The summed E-state index contributed by atoms with van der Waals surface area (Å²) in [5, 5.41) is 0. The zero-order valence-corrected chi connectivity index (χ0v) is 15.0. The first kappa shape index (κ1) is 17.0. The van der Waals surface area contributed by atoms with Crippen LogP contribution in [-0.2, 0) is 6.61 Å². The van der Waals surface area contributed by atoms with Crippen LogP contribution in [0.2, 0.25) is 0 Å². The van der Waals surface area contributed by atoms with E-state index in [1.807, 2.05) is 35.2 Å². The van der Waals surface area contributed by atoms with Crippen LogP contribution in [0.1, 0.15) is 28.8 Å². The number of nitrogens with zero attached hydrogens (tertiary/aromatic N) is 3. The molecule has 1 amide bonds. The summed E-state index contributed by atoms with van der Waals surface area (Å²) >= 11 is 0. The van der Waals surface area contributed by atoms with Crippen LogP contribution in [-0.4, -0.2) is 53.4 Å². The van der Waals surface area contributed by atoms with E-state index in [2.05, 4.69) is 9.88 Å². The van der Waals surface area contributed by atoms with Gasteiger partial charge >= 0.3 is 0 Å². The SMILES string of the molecule is O=C(c1ccnc(OCc2ccccc2)c1)N1CCN(CC2CC2)CC1. The Hall–Kier alpha value is -2.40. The molecular formula is C21H25N3O2. The van der Waals surface area contributed by atoms with Crippen molar-refractivity contribution < 1.29 is 9.53 Å². The monoisotopic (exact) mass is 351 g/mol. The van der Waals surface area contributed by atoms with Crippen molar-refractivity contribution in [2.75, 3.05) is 32.7 Å². The van der Waals surface area contributed by atoms with Crippen molar-refractivity contribution in [1.29, 1.82) is 0 Å². The maximum atomic E-state index is 12.8. The molecule has 1 aromatic heterocycles. The van der Waals surface area contributed by atoms with Crippen LogP contribution in [0, 0.1) is 5.92 Å². The molecule has 0 unspecified atom stereocenters. The molecule has 5 nitrogen and oxygen atoms in total. The van der Waals surface area contributed by atoms with Crippen LogP contribution in [0.4, 0.5) is 0 Å². The van der Waals surface area contributed by atoms with E-state index in [4.69, 9.17) is 4.74 Å². The Balaban J connectivity index is 1.33. The Labute approximate surface area is 154 Å². The lowest BCUT2D eigenvalue weighted by Crippen LogP contribution is -2.49. The fraction of sp³-hybridized carbons (Fsp3) is 0.429. The van der Waals surface area contributed by atoms with Gasteiger partial charge in [0.05, 0.1) is 0 Å². The molecule has 26 heavy (non-hydrogen) atoms. The van der Waals surface area contributed by atoms with Crippen molar-refractivity contribution in [2.45, 2.75) is 19.4 Å². The number of amides is 1. The summed E-state index contributed by atoms with van der Waals surface area (Å²) in [6.45, 7) is 5.21. The van der Waals surface area contributed by atoms with Crippen LogP contribution in [0.5, 0.6) is 5.88 Å². The predicted octanol–water partition coefficient (Wildman–Crippen LogP) is 2.83. The standard InChI is InChI=1S/C21H25N3O2/c25-21(24-12-10-23(11-13-24)15-17-6-7-17)19-8-9-22-20(14-19)26-16-18-4-2-1-3-5-18/h1-5,8-9,14,17H,6-7,10-13,15-16H2. The summed E-state index contributed by atoms with van der Waals surface area (Å²) in [6, 6.07) is 13.5. The van der Waals surface area contributed by atoms with Gasteiger partial charge in [-0.3, -0.25) is 9.69 Å². The van der Waals surface area contributed by atoms with Gasteiger partial charge in [0.15, 0.2) is 0 Å². The Morgan fingerprint density at radius 3 is 2.58 bits per heavy atom. The number of hydrogen-bond acceptors (Lipinski definition) is 4. The van der Waals surface area contributed by atoms with Gasteiger partial charge in [0.2, 0.25) is 5.88 Å².